The maximum atomic E-state index is 5.27. The first-order valence-electron chi connectivity index (χ1n) is 8.57. The van der Waals surface area contributed by atoms with Crippen molar-refractivity contribution in [1.29, 1.82) is 0 Å². The fourth-order valence-corrected chi connectivity index (χ4v) is 4.44. The van der Waals surface area contributed by atoms with Gasteiger partial charge in [0.25, 0.3) is 0 Å². The summed E-state index contributed by atoms with van der Waals surface area (Å²) in [5.41, 5.74) is 2.29. The number of hydrogen-bond acceptors (Lipinski definition) is 4. The third kappa shape index (κ3) is 4.08. The topological polar surface area (TPSA) is 30.3 Å². The number of piperidine rings is 1. The Hall–Kier alpha value is -1.04. The number of thioether (sulfide) groups is 1. The summed E-state index contributed by atoms with van der Waals surface area (Å²) in [5.74, 6) is 1.13. The molecule has 1 aliphatic rings. The van der Waals surface area contributed by atoms with Crippen molar-refractivity contribution in [3.05, 3.63) is 24.3 Å². The zero-order valence-corrected chi connectivity index (χ0v) is 15.0. The number of methoxy groups -OCH3 is 1. The van der Waals surface area contributed by atoms with Gasteiger partial charge in [-0.15, -0.1) is 0 Å². The van der Waals surface area contributed by atoms with E-state index in [9.17, 15) is 0 Å². The highest BCUT2D eigenvalue weighted by Gasteiger charge is 2.19. The minimum Gasteiger partial charge on any atom is -0.383 e. The van der Waals surface area contributed by atoms with Gasteiger partial charge in [-0.2, -0.15) is 0 Å². The molecule has 1 aromatic heterocycles. The minimum atomic E-state index is 0.722. The fraction of sp³-hybridized carbons (Fsp3) is 0.611. The van der Waals surface area contributed by atoms with Crippen LogP contribution in [0.5, 0.6) is 0 Å². The van der Waals surface area contributed by atoms with Crippen LogP contribution in [0.3, 0.4) is 0 Å². The maximum Gasteiger partial charge on any atom is 0.169 e. The molecule has 0 spiro atoms. The van der Waals surface area contributed by atoms with E-state index in [0.717, 1.165) is 35.6 Å². The summed E-state index contributed by atoms with van der Waals surface area (Å²) < 4.78 is 7.57. The Morgan fingerprint density at radius 3 is 3.00 bits per heavy atom. The quantitative estimate of drug-likeness (QED) is 0.724. The highest BCUT2D eigenvalue weighted by Crippen LogP contribution is 2.26. The predicted molar refractivity (Wildman–Crippen MR) is 97.2 cm³/mol. The van der Waals surface area contributed by atoms with E-state index in [1.807, 2.05) is 11.8 Å². The molecule has 1 aliphatic heterocycles. The molecule has 1 fully saturated rings. The molecule has 5 heteroatoms. The number of aromatic nitrogens is 2. The SMILES string of the molecule is COCCn1c(SCCC2CCCCN2C)nc2ccccc21. The lowest BCUT2D eigenvalue weighted by Gasteiger charge is -2.32. The highest BCUT2D eigenvalue weighted by atomic mass is 32.2. The van der Waals surface area contributed by atoms with Gasteiger partial charge in [-0.1, -0.05) is 30.3 Å². The Labute approximate surface area is 143 Å². The molecule has 1 atom stereocenters. The number of hydrogen-bond donors (Lipinski definition) is 0. The van der Waals surface area contributed by atoms with Crippen molar-refractivity contribution < 1.29 is 4.74 Å². The van der Waals surface area contributed by atoms with Gasteiger partial charge >= 0.3 is 0 Å². The van der Waals surface area contributed by atoms with Crippen LogP contribution in [-0.2, 0) is 11.3 Å². The van der Waals surface area contributed by atoms with Crippen molar-refractivity contribution >= 4 is 22.8 Å². The van der Waals surface area contributed by atoms with Gasteiger partial charge in [-0.3, -0.25) is 0 Å². The molecule has 3 rings (SSSR count). The third-order valence-corrected chi connectivity index (χ3v) is 5.75. The van der Waals surface area contributed by atoms with E-state index in [2.05, 4.69) is 40.8 Å². The van der Waals surface area contributed by atoms with Crippen molar-refractivity contribution in [2.45, 2.75) is 43.4 Å². The molecule has 2 aromatic rings. The Balaban J connectivity index is 1.66. The molecule has 126 valence electrons. The van der Waals surface area contributed by atoms with Crippen LogP contribution in [0.25, 0.3) is 11.0 Å². The van der Waals surface area contributed by atoms with Crippen molar-refractivity contribution in [3.63, 3.8) is 0 Å². The summed E-state index contributed by atoms with van der Waals surface area (Å²) in [4.78, 5) is 7.35. The fourth-order valence-electron chi connectivity index (χ4n) is 3.36. The molecular formula is C18H27N3OS. The van der Waals surface area contributed by atoms with E-state index >= 15 is 0 Å². The van der Waals surface area contributed by atoms with Crippen LogP contribution in [0.1, 0.15) is 25.7 Å². The number of fused-ring (bicyclic) bond motifs is 1. The average Bonchev–Trinajstić information content (AvgIpc) is 2.92. The van der Waals surface area contributed by atoms with Crippen molar-refractivity contribution in [1.82, 2.24) is 14.5 Å². The van der Waals surface area contributed by atoms with Crippen LogP contribution in [-0.4, -0.2) is 53.6 Å². The van der Waals surface area contributed by atoms with Crippen LogP contribution in [0.15, 0.2) is 29.4 Å². The number of nitrogens with zero attached hydrogens (tertiary/aromatic N) is 3. The van der Waals surface area contributed by atoms with Crippen LogP contribution in [0, 0.1) is 0 Å². The second-order valence-electron chi connectivity index (χ2n) is 6.29. The van der Waals surface area contributed by atoms with Gasteiger partial charge in [-0.05, 0) is 45.0 Å². The van der Waals surface area contributed by atoms with E-state index in [1.165, 1.54) is 37.7 Å². The number of rotatable bonds is 7. The van der Waals surface area contributed by atoms with Gasteiger partial charge in [0.1, 0.15) is 0 Å². The molecule has 0 saturated carbocycles. The van der Waals surface area contributed by atoms with E-state index in [1.54, 1.807) is 7.11 Å². The van der Waals surface area contributed by atoms with Crippen LogP contribution < -0.4 is 0 Å². The second kappa shape index (κ2) is 8.18. The van der Waals surface area contributed by atoms with Gasteiger partial charge in [0.2, 0.25) is 0 Å². The third-order valence-electron chi connectivity index (χ3n) is 4.74. The van der Waals surface area contributed by atoms with Crippen molar-refractivity contribution in [3.8, 4) is 0 Å². The first kappa shape index (κ1) is 16.8. The monoisotopic (exact) mass is 333 g/mol. The summed E-state index contributed by atoms with van der Waals surface area (Å²) >= 11 is 1.89. The zero-order chi connectivity index (χ0) is 16.1. The van der Waals surface area contributed by atoms with E-state index in [0.29, 0.717) is 0 Å². The average molecular weight is 334 g/mol. The molecular weight excluding hydrogens is 306 g/mol. The van der Waals surface area contributed by atoms with Crippen molar-refractivity contribution in [2.24, 2.45) is 0 Å². The first-order valence-corrected chi connectivity index (χ1v) is 9.55. The van der Waals surface area contributed by atoms with Gasteiger partial charge in [-0.25, -0.2) is 4.98 Å². The summed E-state index contributed by atoms with van der Waals surface area (Å²) in [7, 11) is 4.02. The molecule has 0 aliphatic carbocycles. The van der Waals surface area contributed by atoms with Gasteiger partial charge < -0.3 is 14.2 Å². The van der Waals surface area contributed by atoms with Gasteiger partial charge in [0.05, 0.1) is 17.6 Å². The van der Waals surface area contributed by atoms with E-state index < -0.39 is 0 Å². The van der Waals surface area contributed by atoms with E-state index in [4.69, 9.17) is 9.72 Å². The Kier molecular flexibility index (Phi) is 5.97. The second-order valence-corrected chi connectivity index (χ2v) is 7.36. The number of para-hydroxylation sites is 2. The van der Waals surface area contributed by atoms with Crippen LogP contribution >= 0.6 is 11.8 Å². The number of ether oxygens (including phenoxy) is 1. The smallest absolute Gasteiger partial charge is 0.169 e. The lowest BCUT2D eigenvalue weighted by molar-refractivity contribution is 0.182. The maximum absolute atomic E-state index is 5.27. The normalized spacial score (nSPS) is 19.5. The lowest BCUT2D eigenvalue weighted by Crippen LogP contribution is -2.36. The van der Waals surface area contributed by atoms with Gasteiger partial charge in [0.15, 0.2) is 5.16 Å². The molecule has 0 amide bonds. The molecule has 23 heavy (non-hydrogen) atoms. The molecule has 2 heterocycles. The van der Waals surface area contributed by atoms with Crippen LogP contribution in [0.2, 0.25) is 0 Å². The Morgan fingerprint density at radius 2 is 2.17 bits per heavy atom. The molecule has 0 N–H and O–H groups in total. The van der Waals surface area contributed by atoms with Crippen molar-refractivity contribution in [2.75, 3.05) is 33.1 Å². The summed E-state index contributed by atoms with van der Waals surface area (Å²) in [5, 5.41) is 1.13. The molecule has 0 bridgehead atoms. The van der Waals surface area contributed by atoms with Crippen LogP contribution in [0.4, 0.5) is 0 Å². The Morgan fingerprint density at radius 1 is 1.30 bits per heavy atom. The van der Waals surface area contributed by atoms with E-state index in [-0.39, 0.29) is 0 Å². The highest BCUT2D eigenvalue weighted by molar-refractivity contribution is 7.99. The Bertz CT molecular complexity index is 628. The standard InChI is InChI=1S/C18H27N3OS/c1-20-11-6-5-7-15(20)10-14-23-18-19-16-8-3-4-9-17(16)21(18)12-13-22-2/h3-4,8-9,15H,5-7,10-14H2,1-2H3. The summed E-state index contributed by atoms with van der Waals surface area (Å²) in [6.45, 7) is 2.84. The van der Waals surface area contributed by atoms with Gasteiger partial charge in [0, 0.05) is 25.4 Å². The molecule has 0 radical (unpaired) electrons. The number of imidazole rings is 1. The molecule has 4 nitrogen and oxygen atoms in total. The molecule has 1 unspecified atom stereocenters. The summed E-state index contributed by atoms with van der Waals surface area (Å²) in [6.07, 6.45) is 5.32. The first-order chi connectivity index (χ1) is 11.3. The lowest BCUT2D eigenvalue weighted by atomic mass is 10.0. The predicted octanol–water partition coefficient (Wildman–Crippen LogP) is 3.65. The minimum absolute atomic E-state index is 0.722. The number of benzene rings is 1. The molecule has 1 aromatic carbocycles. The summed E-state index contributed by atoms with van der Waals surface area (Å²) in [6, 6.07) is 9.13. The number of likely N-dealkylation sites (tertiary alicyclic amines) is 1. The largest absolute Gasteiger partial charge is 0.383 e. The molecule has 1 saturated heterocycles. The zero-order valence-electron chi connectivity index (χ0n) is 14.2.